The largest absolute Gasteiger partial charge is 0.460 e. The van der Waals surface area contributed by atoms with Crippen molar-refractivity contribution >= 4 is 0 Å². The van der Waals surface area contributed by atoms with Crippen LogP contribution in [-0.2, 0) is 9.47 Å². The van der Waals surface area contributed by atoms with E-state index in [-0.39, 0.29) is 12.5 Å². The second kappa shape index (κ2) is 10.0. The highest BCUT2D eigenvalue weighted by molar-refractivity contribution is 5.17. The molecule has 2 atom stereocenters. The van der Waals surface area contributed by atoms with Gasteiger partial charge in [0.2, 0.25) is 0 Å². The zero-order valence-electron chi connectivity index (χ0n) is 18.7. The molecule has 0 spiro atoms. The Hall–Kier alpha value is -1.55. The molecule has 0 aliphatic carbocycles. The minimum atomic E-state index is -9.17. The minimum Gasteiger partial charge on any atom is -0.379 e. The van der Waals surface area contributed by atoms with Crippen LogP contribution in [0.4, 0.5) is 92.2 Å². The van der Waals surface area contributed by atoms with Gasteiger partial charge in [0.1, 0.15) is 0 Å². The lowest BCUT2D eigenvalue weighted by molar-refractivity contribution is -0.474. The van der Waals surface area contributed by atoms with Gasteiger partial charge in [-0.1, -0.05) is 6.92 Å². The van der Waals surface area contributed by atoms with Gasteiger partial charge in [0.25, 0.3) is 0 Å². The smallest absolute Gasteiger partial charge is 0.379 e. The maximum Gasteiger partial charge on any atom is 0.460 e. The van der Waals surface area contributed by atoms with Crippen molar-refractivity contribution < 1.29 is 102 Å². The van der Waals surface area contributed by atoms with Crippen LogP contribution in [0.2, 0.25) is 0 Å². The Morgan fingerprint density at radius 3 is 1.12 bits per heavy atom. The zero-order valence-corrected chi connectivity index (χ0v) is 18.7. The molecule has 1 heterocycles. The Labute approximate surface area is 207 Å². The lowest BCUT2D eigenvalue weighted by Gasteiger charge is -2.44. The molecule has 1 aliphatic rings. The van der Waals surface area contributed by atoms with E-state index in [2.05, 4.69) is 4.74 Å². The Morgan fingerprint density at radius 2 is 0.850 bits per heavy atom. The average Bonchev–Trinajstić information content (AvgIpc) is 2.75. The van der Waals surface area contributed by atoms with Gasteiger partial charge in [-0.2, -0.15) is 92.2 Å². The van der Waals surface area contributed by atoms with Crippen LogP contribution in [0.3, 0.4) is 0 Å². The van der Waals surface area contributed by atoms with E-state index in [4.69, 9.17) is 4.74 Å². The highest BCUT2D eigenvalue weighted by atomic mass is 19.4. The third-order valence-corrected chi connectivity index (χ3v) is 5.63. The highest BCUT2D eigenvalue weighted by Crippen LogP contribution is 2.66. The molecule has 1 rings (SSSR count). The second-order valence-electron chi connectivity index (χ2n) is 8.47. The van der Waals surface area contributed by atoms with Crippen molar-refractivity contribution in [3.8, 4) is 0 Å². The first kappa shape index (κ1) is 36.5. The lowest BCUT2D eigenvalue weighted by Crippen LogP contribution is -2.76. The predicted octanol–water partition coefficient (Wildman–Crippen LogP) is 7.71. The molecule has 1 saturated heterocycles. The van der Waals surface area contributed by atoms with Crippen molar-refractivity contribution in [2.45, 2.75) is 78.9 Å². The van der Waals surface area contributed by atoms with E-state index in [9.17, 15) is 92.2 Å². The number of halogens is 21. The van der Waals surface area contributed by atoms with Crippen molar-refractivity contribution in [1.29, 1.82) is 0 Å². The van der Waals surface area contributed by atoms with E-state index in [1.165, 1.54) is 6.92 Å². The molecular formula is C17H13F21O2. The summed E-state index contributed by atoms with van der Waals surface area (Å²) in [6, 6.07) is 0. The van der Waals surface area contributed by atoms with E-state index < -0.39 is 85.2 Å². The first-order chi connectivity index (χ1) is 17.2. The molecule has 0 aromatic rings. The molecule has 40 heavy (non-hydrogen) atoms. The van der Waals surface area contributed by atoms with Gasteiger partial charge in [0.15, 0.2) is 0 Å². The molecule has 0 radical (unpaired) electrons. The Balaban J connectivity index is 3.44. The van der Waals surface area contributed by atoms with E-state index >= 15 is 0 Å². The third kappa shape index (κ3) is 4.92. The number of hydrogen-bond donors (Lipinski definition) is 0. The summed E-state index contributed by atoms with van der Waals surface area (Å²) in [6.07, 6.45) is -11.6. The van der Waals surface area contributed by atoms with Crippen LogP contribution in [0, 0.1) is 5.92 Å². The second-order valence-corrected chi connectivity index (χ2v) is 8.47. The molecule has 23 heteroatoms. The van der Waals surface area contributed by atoms with Crippen LogP contribution < -0.4 is 0 Å². The third-order valence-electron chi connectivity index (χ3n) is 5.63. The Kier molecular flexibility index (Phi) is 9.14. The summed E-state index contributed by atoms with van der Waals surface area (Å²) >= 11 is 0. The fourth-order valence-electron chi connectivity index (χ4n) is 2.78. The van der Waals surface area contributed by atoms with Gasteiger partial charge in [0.05, 0.1) is 25.9 Å². The number of hydrogen-bond acceptors (Lipinski definition) is 2. The molecule has 240 valence electrons. The molecule has 2 unspecified atom stereocenters. The molecular weight excluding hydrogens is 635 g/mol. The van der Waals surface area contributed by atoms with Crippen LogP contribution in [-0.4, -0.2) is 85.4 Å². The topological polar surface area (TPSA) is 18.5 Å². The first-order valence-electron chi connectivity index (χ1n) is 9.90. The van der Waals surface area contributed by atoms with E-state index in [0.29, 0.717) is 0 Å². The van der Waals surface area contributed by atoms with Crippen molar-refractivity contribution in [3.63, 3.8) is 0 Å². The molecule has 0 N–H and O–H groups in total. The molecule has 1 aliphatic heterocycles. The van der Waals surface area contributed by atoms with E-state index in [1.54, 1.807) is 0 Å². The summed E-state index contributed by atoms with van der Waals surface area (Å²) in [6.45, 7) is -0.893. The molecule has 0 aromatic heterocycles. The predicted molar refractivity (Wildman–Crippen MR) is 84.9 cm³/mol. The number of ether oxygens (including phenoxy) is 2. The van der Waals surface area contributed by atoms with Gasteiger partial charge in [-0.15, -0.1) is 0 Å². The van der Waals surface area contributed by atoms with Crippen LogP contribution in [0.5, 0.6) is 0 Å². The van der Waals surface area contributed by atoms with E-state index in [0.717, 1.165) is 0 Å². The molecule has 0 saturated carbocycles. The summed E-state index contributed by atoms with van der Waals surface area (Å²) in [4.78, 5) is 0. The van der Waals surface area contributed by atoms with Crippen molar-refractivity contribution in [3.05, 3.63) is 0 Å². The monoisotopic (exact) mass is 648 g/mol. The summed E-state index contributed by atoms with van der Waals surface area (Å²) < 4.78 is 288. The Bertz CT molecular complexity index is 892. The normalized spacial score (nSPS) is 21.4. The maximum absolute atomic E-state index is 13.8. The average molecular weight is 648 g/mol. The van der Waals surface area contributed by atoms with E-state index in [1.807, 2.05) is 0 Å². The standard InChI is InChI=1S/C17H13F21O2/c1-6-4-40-7(6)5-39-3-2-8(18,19)9(20,21)10(22,23)11(24,25)12(26,27)13(28,29)14(30,31)15(32,33)16(34,35)17(36,37)38/h6-7H,2-5H2,1H3. The number of rotatable bonds is 13. The molecule has 0 aromatic carbocycles. The summed E-state index contributed by atoms with van der Waals surface area (Å²) in [5.41, 5.74) is 0. The zero-order chi connectivity index (χ0) is 32.4. The van der Waals surface area contributed by atoms with Crippen LogP contribution in [0.25, 0.3) is 0 Å². The SMILES string of the molecule is CC1COC1COCCC(F)(F)C(F)(F)C(F)(F)C(F)(F)C(F)(F)C(F)(F)C(F)(F)C(F)(F)C(F)(F)C(F)(F)F. The first-order valence-corrected chi connectivity index (χ1v) is 9.90. The van der Waals surface area contributed by atoms with Gasteiger partial charge in [-0.05, 0) is 0 Å². The highest BCUT2D eigenvalue weighted by Gasteiger charge is 2.97. The lowest BCUT2D eigenvalue weighted by atomic mass is 9.86. The van der Waals surface area contributed by atoms with Gasteiger partial charge in [-0.3, -0.25) is 0 Å². The molecule has 2 nitrogen and oxygen atoms in total. The van der Waals surface area contributed by atoms with Crippen LogP contribution in [0.15, 0.2) is 0 Å². The summed E-state index contributed by atoms with van der Waals surface area (Å²) in [5, 5.41) is 0. The van der Waals surface area contributed by atoms with Crippen molar-refractivity contribution in [2.24, 2.45) is 5.92 Å². The Morgan fingerprint density at radius 1 is 0.525 bits per heavy atom. The molecule has 0 bridgehead atoms. The minimum absolute atomic E-state index is 0.0984. The fourth-order valence-corrected chi connectivity index (χ4v) is 2.78. The summed E-state index contributed by atoms with van der Waals surface area (Å²) in [5.74, 6) is -77.1. The van der Waals surface area contributed by atoms with Crippen molar-refractivity contribution in [2.75, 3.05) is 19.8 Å². The van der Waals surface area contributed by atoms with Gasteiger partial charge >= 0.3 is 59.5 Å². The van der Waals surface area contributed by atoms with Gasteiger partial charge < -0.3 is 9.47 Å². The van der Waals surface area contributed by atoms with Crippen molar-refractivity contribution in [1.82, 2.24) is 0 Å². The quantitative estimate of drug-likeness (QED) is 0.151. The van der Waals surface area contributed by atoms with Crippen LogP contribution in [0.1, 0.15) is 13.3 Å². The number of alkyl halides is 21. The summed E-state index contributed by atoms with van der Waals surface area (Å²) in [7, 11) is 0. The fraction of sp³-hybridized carbons (Fsp3) is 1.00. The van der Waals surface area contributed by atoms with Crippen LogP contribution >= 0.6 is 0 Å². The molecule has 1 fully saturated rings. The maximum atomic E-state index is 13.8. The molecule has 0 amide bonds. The van der Waals surface area contributed by atoms with Gasteiger partial charge in [-0.25, -0.2) is 0 Å². The van der Waals surface area contributed by atoms with Gasteiger partial charge in [0, 0.05) is 12.3 Å².